The molecule has 0 aliphatic rings. The summed E-state index contributed by atoms with van der Waals surface area (Å²) in [5.74, 6) is -0.103. The number of amides is 1. The molecule has 0 spiro atoms. The zero-order valence-electron chi connectivity index (χ0n) is 11.1. The van der Waals surface area contributed by atoms with Gasteiger partial charge in [0.05, 0.1) is 0 Å². The molecule has 0 radical (unpaired) electrons. The van der Waals surface area contributed by atoms with Gasteiger partial charge < -0.3 is 4.90 Å². The second-order valence-electron chi connectivity index (χ2n) is 4.56. The van der Waals surface area contributed by atoms with Gasteiger partial charge in [-0.1, -0.05) is 64.5 Å². The first-order valence-corrected chi connectivity index (χ1v) is 7.50. The smallest absolute Gasteiger partial charge is 0.245 e. The molecule has 0 fully saturated rings. The summed E-state index contributed by atoms with van der Waals surface area (Å²) in [4.78, 5) is 14.0. The number of alkyl halides is 1. The average molecular weight is 353 g/mol. The maximum absolute atomic E-state index is 12.3. The van der Waals surface area contributed by atoms with Crippen molar-refractivity contribution in [3.63, 3.8) is 0 Å². The fourth-order valence-electron chi connectivity index (χ4n) is 1.92. The van der Waals surface area contributed by atoms with E-state index >= 15 is 0 Å². The van der Waals surface area contributed by atoms with E-state index in [4.69, 9.17) is 11.6 Å². The third-order valence-corrected chi connectivity index (χ3v) is 4.26. The largest absolute Gasteiger partial charge is 0.340 e. The van der Waals surface area contributed by atoms with Gasteiger partial charge in [-0.3, -0.25) is 4.79 Å². The minimum absolute atomic E-state index is 0.103. The van der Waals surface area contributed by atoms with Gasteiger partial charge in [0.2, 0.25) is 5.91 Å². The van der Waals surface area contributed by atoms with Crippen LogP contribution in [0.3, 0.4) is 0 Å². The van der Waals surface area contributed by atoms with Crippen molar-refractivity contribution in [1.29, 1.82) is 0 Å². The van der Waals surface area contributed by atoms with Crippen molar-refractivity contribution < 1.29 is 4.79 Å². The zero-order chi connectivity index (χ0) is 14.5. The van der Waals surface area contributed by atoms with E-state index in [0.717, 1.165) is 15.6 Å². The Hall–Kier alpha value is -1.32. The standard InChI is InChI=1S/C16H15BrClNO/c1-19(11-13-9-5-6-10-14(13)17)16(20)15(18)12-7-3-2-4-8-12/h2-10,15H,11H2,1H3. The van der Waals surface area contributed by atoms with Crippen LogP contribution < -0.4 is 0 Å². The number of nitrogens with zero attached hydrogens (tertiary/aromatic N) is 1. The molecule has 0 saturated heterocycles. The molecule has 2 rings (SSSR count). The quantitative estimate of drug-likeness (QED) is 0.747. The lowest BCUT2D eigenvalue weighted by molar-refractivity contribution is -0.130. The van der Waals surface area contributed by atoms with Gasteiger partial charge in [0.1, 0.15) is 5.38 Å². The molecule has 1 amide bonds. The van der Waals surface area contributed by atoms with E-state index < -0.39 is 5.38 Å². The van der Waals surface area contributed by atoms with Crippen molar-refractivity contribution in [2.75, 3.05) is 7.05 Å². The van der Waals surface area contributed by atoms with Gasteiger partial charge in [-0.2, -0.15) is 0 Å². The second kappa shape index (κ2) is 6.91. The van der Waals surface area contributed by atoms with Gasteiger partial charge in [0.15, 0.2) is 0 Å². The Morgan fingerprint density at radius 3 is 2.40 bits per heavy atom. The van der Waals surface area contributed by atoms with Crippen LogP contribution in [-0.2, 0) is 11.3 Å². The first-order valence-electron chi connectivity index (χ1n) is 6.27. The van der Waals surface area contributed by atoms with Crippen molar-refractivity contribution >= 4 is 33.4 Å². The fourth-order valence-corrected chi connectivity index (χ4v) is 2.64. The summed E-state index contributed by atoms with van der Waals surface area (Å²) in [6.07, 6.45) is 0. The van der Waals surface area contributed by atoms with E-state index in [-0.39, 0.29) is 5.91 Å². The van der Waals surface area contributed by atoms with Gasteiger partial charge in [-0.05, 0) is 17.2 Å². The summed E-state index contributed by atoms with van der Waals surface area (Å²) < 4.78 is 0.991. The van der Waals surface area contributed by atoms with Gasteiger partial charge in [-0.15, -0.1) is 11.6 Å². The third kappa shape index (κ3) is 3.62. The summed E-state index contributed by atoms with van der Waals surface area (Å²) in [6.45, 7) is 0.524. The van der Waals surface area contributed by atoms with E-state index in [1.54, 1.807) is 11.9 Å². The number of benzene rings is 2. The zero-order valence-corrected chi connectivity index (χ0v) is 13.4. The summed E-state index contributed by atoms with van der Waals surface area (Å²) >= 11 is 9.74. The average Bonchev–Trinajstić information content (AvgIpc) is 2.49. The van der Waals surface area contributed by atoms with E-state index in [9.17, 15) is 4.79 Å². The topological polar surface area (TPSA) is 20.3 Å². The molecule has 0 heterocycles. The number of hydrogen-bond donors (Lipinski definition) is 0. The van der Waals surface area contributed by atoms with Gasteiger partial charge >= 0.3 is 0 Å². The van der Waals surface area contributed by atoms with E-state index in [2.05, 4.69) is 15.9 Å². The Bertz CT molecular complexity index is 588. The number of carbonyl (C=O) groups excluding carboxylic acids is 1. The Morgan fingerprint density at radius 1 is 1.15 bits per heavy atom. The van der Waals surface area contributed by atoms with Crippen LogP contribution in [-0.4, -0.2) is 17.9 Å². The summed E-state index contributed by atoms with van der Waals surface area (Å²) in [5, 5.41) is -0.649. The molecule has 0 aliphatic heterocycles. The Labute approximate surface area is 132 Å². The number of likely N-dealkylation sites (N-methyl/N-ethyl adjacent to an activating group) is 1. The molecule has 104 valence electrons. The number of carbonyl (C=O) groups is 1. The summed E-state index contributed by atoms with van der Waals surface area (Å²) in [6, 6.07) is 17.2. The molecule has 20 heavy (non-hydrogen) atoms. The first-order chi connectivity index (χ1) is 9.59. The molecule has 0 saturated carbocycles. The highest BCUT2D eigenvalue weighted by molar-refractivity contribution is 9.10. The van der Waals surface area contributed by atoms with Gasteiger partial charge in [-0.25, -0.2) is 0 Å². The summed E-state index contributed by atoms with van der Waals surface area (Å²) in [7, 11) is 1.76. The van der Waals surface area contributed by atoms with E-state index in [1.165, 1.54) is 0 Å². The Morgan fingerprint density at radius 2 is 1.75 bits per heavy atom. The number of rotatable bonds is 4. The van der Waals surface area contributed by atoms with Crippen LogP contribution in [0.15, 0.2) is 59.1 Å². The molecule has 2 aromatic carbocycles. The first kappa shape index (κ1) is 15.1. The van der Waals surface area contributed by atoms with Crippen LogP contribution in [0, 0.1) is 0 Å². The highest BCUT2D eigenvalue weighted by Crippen LogP contribution is 2.24. The van der Waals surface area contributed by atoms with Crippen LogP contribution in [0.5, 0.6) is 0 Å². The van der Waals surface area contributed by atoms with E-state index in [0.29, 0.717) is 6.54 Å². The van der Waals surface area contributed by atoms with Crippen LogP contribution >= 0.6 is 27.5 Å². The van der Waals surface area contributed by atoms with Crippen molar-refractivity contribution in [2.45, 2.75) is 11.9 Å². The lowest BCUT2D eigenvalue weighted by Gasteiger charge is -2.21. The molecule has 4 heteroatoms. The normalized spacial score (nSPS) is 11.9. The minimum atomic E-state index is -0.649. The lowest BCUT2D eigenvalue weighted by Crippen LogP contribution is -2.29. The fraction of sp³-hybridized carbons (Fsp3) is 0.188. The third-order valence-electron chi connectivity index (χ3n) is 3.05. The molecular weight excluding hydrogens is 338 g/mol. The van der Waals surface area contributed by atoms with Gasteiger partial charge in [0.25, 0.3) is 0 Å². The molecule has 1 unspecified atom stereocenters. The number of hydrogen-bond acceptors (Lipinski definition) is 1. The minimum Gasteiger partial charge on any atom is -0.340 e. The predicted molar refractivity (Wildman–Crippen MR) is 85.7 cm³/mol. The molecule has 0 aromatic heterocycles. The highest BCUT2D eigenvalue weighted by atomic mass is 79.9. The lowest BCUT2D eigenvalue weighted by atomic mass is 10.1. The molecule has 1 atom stereocenters. The van der Waals surface area contributed by atoms with Crippen molar-refractivity contribution in [3.05, 3.63) is 70.2 Å². The molecule has 0 aliphatic carbocycles. The van der Waals surface area contributed by atoms with Crippen LogP contribution in [0.1, 0.15) is 16.5 Å². The SMILES string of the molecule is CN(Cc1ccccc1Br)C(=O)C(Cl)c1ccccc1. The summed E-state index contributed by atoms with van der Waals surface area (Å²) in [5.41, 5.74) is 1.87. The van der Waals surface area contributed by atoms with Crippen LogP contribution in [0.25, 0.3) is 0 Å². The number of halogens is 2. The Balaban J connectivity index is 2.08. The molecule has 2 nitrogen and oxygen atoms in total. The van der Waals surface area contributed by atoms with Crippen molar-refractivity contribution in [1.82, 2.24) is 4.90 Å². The van der Waals surface area contributed by atoms with Crippen LogP contribution in [0.4, 0.5) is 0 Å². The van der Waals surface area contributed by atoms with Crippen LogP contribution in [0.2, 0.25) is 0 Å². The van der Waals surface area contributed by atoms with E-state index in [1.807, 2.05) is 54.6 Å². The van der Waals surface area contributed by atoms with Gasteiger partial charge in [0, 0.05) is 18.1 Å². The van der Waals surface area contributed by atoms with Crippen molar-refractivity contribution in [2.24, 2.45) is 0 Å². The predicted octanol–water partition coefficient (Wildman–Crippen LogP) is 4.39. The molecule has 2 aromatic rings. The highest BCUT2D eigenvalue weighted by Gasteiger charge is 2.21. The maximum Gasteiger partial charge on any atom is 0.245 e. The van der Waals surface area contributed by atoms with Crippen molar-refractivity contribution in [3.8, 4) is 0 Å². The second-order valence-corrected chi connectivity index (χ2v) is 5.85. The molecule has 0 N–H and O–H groups in total. The Kier molecular flexibility index (Phi) is 5.21. The maximum atomic E-state index is 12.3. The molecule has 0 bridgehead atoms. The molecular formula is C16H15BrClNO. The monoisotopic (exact) mass is 351 g/mol.